The second kappa shape index (κ2) is 9.18. The minimum absolute atomic E-state index is 0.139. The maximum Gasteiger partial charge on any atom is 0.418 e. The van der Waals surface area contributed by atoms with Crippen LogP contribution in [0.2, 0.25) is 0 Å². The third kappa shape index (κ3) is 5.14. The molecule has 3 amide bonds. The highest BCUT2D eigenvalue weighted by Gasteiger charge is 2.36. The molecule has 7 nitrogen and oxygen atoms in total. The highest BCUT2D eigenvalue weighted by Crippen LogP contribution is 2.37. The SMILES string of the molecule is Cc1ccc(NC(=O)c2nnc(C3CCCN3C(=O)Nc3ccccc3C(F)(F)F)s2)cc1. The Balaban J connectivity index is 1.47. The smallest absolute Gasteiger partial charge is 0.320 e. The molecule has 1 atom stereocenters. The van der Waals surface area contributed by atoms with Crippen LogP contribution in [0, 0.1) is 6.92 Å². The lowest BCUT2D eigenvalue weighted by molar-refractivity contribution is -0.136. The van der Waals surface area contributed by atoms with Gasteiger partial charge in [-0.1, -0.05) is 41.2 Å². The maximum absolute atomic E-state index is 13.3. The van der Waals surface area contributed by atoms with Gasteiger partial charge in [-0.2, -0.15) is 13.2 Å². The quantitative estimate of drug-likeness (QED) is 0.523. The minimum atomic E-state index is -4.59. The molecule has 172 valence electrons. The summed E-state index contributed by atoms with van der Waals surface area (Å²) < 4.78 is 39.8. The van der Waals surface area contributed by atoms with Gasteiger partial charge in [-0.25, -0.2) is 4.79 Å². The number of alkyl halides is 3. The highest BCUT2D eigenvalue weighted by molar-refractivity contribution is 7.13. The highest BCUT2D eigenvalue weighted by atomic mass is 32.1. The predicted molar refractivity (Wildman–Crippen MR) is 118 cm³/mol. The molecule has 2 N–H and O–H groups in total. The Bertz CT molecular complexity index is 1160. The van der Waals surface area contributed by atoms with Crippen molar-refractivity contribution in [3.8, 4) is 0 Å². The fraction of sp³-hybridized carbons (Fsp3) is 0.273. The number of rotatable bonds is 4. The van der Waals surface area contributed by atoms with Gasteiger partial charge in [0.1, 0.15) is 5.01 Å². The van der Waals surface area contributed by atoms with Crippen molar-refractivity contribution in [2.45, 2.75) is 32.0 Å². The van der Waals surface area contributed by atoms with Crippen molar-refractivity contribution in [3.05, 3.63) is 69.7 Å². The van der Waals surface area contributed by atoms with E-state index in [4.69, 9.17) is 0 Å². The number of benzene rings is 2. The molecule has 3 aromatic rings. The van der Waals surface area contributed by atoms with E-state index in [0.29, 0.717) is 30.1 Å². The fourth-order valence-electron chi connectivity index (χ4n) is 3.58. The number of nitrogens with zero attached hydrogens (tertiary/aromatic N) is 3. The summed E-state index contributed by atoms with van der Waals surface area (Å²) in [6.07, 6.45) is -3.36. The average Bonchev–Trinajstić information content (AvgIpc) is 3.44. The molecule has 1 aromatic heterocycles. The first-order valence-electron chi connectivity index (χ1n) is 10.2. The summed E-state index contributed by atoms with van der Waals surface area (Å²) in [5, 5.41) is 13.7. The molecule has 0 spiro atoms. The molecule has 1 unspecified atom stereocenters. The summed E-state index contributed by atoms with van der Waals surface area (Å²) in [6.45, 7) is 2.29. The van der Waals surface area contributed by atoms with Gasteiger partial charge in [0.15, 0.2) is 0 Å². The van der Waals surface area contributed by atoms with Crippen molar-refractivity contribution in [3.63, 3.8) is 0 Å². The predicted octanol–water partition coefficient (Wildman–Crippen LogP) is 5.49. The number of carbonyl (C=O) groups excluding carboxylic acids is 2. The van der Waals surface area contributed by atoms with Gasteiger partial charge < -0.3 is 15.5 Å². The van der Waals surface area contributed by atoms with E-state index in [1.807, 2.05) is 19.1 Å². The molecular weight excluding hydrogens is 455 g/mol. The Morgan fingerprint density at radius 1 is 1.06 bits per heavy atom. The summed E-state index contributed by atoms with van der Waals surface area (Å²) in [6, 6.07) is 11.0. The lowest BCUT2D eigenvalue weighted by Gasteiger charge is -2.24. The van der Waals surface area contributed by atoms with E-state index >= 15 is 0 Å². The van der Waals surface area contributed by atoms with Crippen LogP contribution in [0.15, 0.2) is 48.5 Å². The number of halogens is 3. The molecule has 0 radical (unpaired) electrons. The number of para-hydroxylation sites is 1. The number of hydrogen-bond donors (Lipinski definition) is 2. The van der Waals surface area contributed by atoms with Gasteiger partial charge in [0, 0.05) is 12.2 Å². The molecule has 2 heterocycles. The first-order chi connectivity index (χ1) is 15.7. The standard InChI is InChI=1S/C22H20F3N5O2S/c1-13-8-10-14(11-9-13)26-18(31)20-29-28-19(33-20)17-7-4-12-30(17)21(32)27-16-6-3-2-5-15(16)22(23,24)25/h2-3,5-6,8-11,17H,4,7,12H2,1H3,(H,26,31)(H,27,32). The Morgan fingerprint density at radius 3 is 2.52 bits per heavy atom. The number of aromatic nitrogens is 2. The molecule has 0 aliphatic carbocycles. The zero-order chi connectivity index (χ0) is 23.6. The van der Waals surface area contributed by atoms with Gasteiger partial charge in [-0.05, 0) is 44.0 Å². The van der Waals surface area contributed by atoms with Gasteiger partial charge in [-0.15, -0.1) is 10.2 Å². The zero-order valence-electron chi connectivity index (χ0n) is 17.5. The van der Waals surface area contributed by atoms with Crippen molar-refractivity contribution in [1.82, 2.24) is 15.1 Å². The van der Waals surface area contributed by atoms with Crippen LogP contribution in [0.1, 0.15) is 44.8 Å². The largest absolute Gasteiger partial charge is 0.418 e. The average molecular weight is 475 g/mol. The number of carbonyl (C=O) groups is 2. The molecule has 0 saturated carbocycles. The van der Waals surface area contributed by atoms with E-state index in [9.17, 15) is 22.8 Å². The monoisotopic (exact) mass is 475 g/mol. The van der Waals surface area contributed by atoms with E-state index in [-0.39, 0.29) is 10.7 Å². The zero-order valence-corrected chi connectivity index (χ0v) is 18.3. The summed E-state index contributed by atoms with van der Waals surface area (Å²) >= 11 is 1.06. The number of likely N-dealkylation sites (tertiary alicyclic amines) is 1. The van der Waals surface area contributed by atoms with Gasteiger partial charge >= 0.3 is 12.2 Å². The van der Waals surface area contributed by atoms with Gasteiger partial charge in [0.2, 0.25) is 5.01 Å². The summed E-state index contributed by atoms with van der Waals surface area (Å²) in [4.78, 5) is 26.8. The van der Waals surface area contributed by atoms with Gasteiger partial charge in [0.25, 0.3) is 5.91 Å². The molecule has 11 heteroatoms. The lowest BCUT2D eigenvalue weighted by atomic mass is 10.1. The van der Waals surface area contributed by atoms with Crippen LogP contribution in [0.3, 0.4) is 0 Å². The van der Waals surface area contributed by atoms with Crippen LogP contribution in [-0.4, -0.2) is 33.6 Å². The molecule has 0 bridgehead atoms. The number of nitrogens with one attached hydrogen (secondary N) is 2. The number of aryl methyl sites for hydroxylation is 1. The van der Waals surface area contributed by atoms with Crippen LogP contribution < -0.4 is 10.6 Å². The number of amides is 3. The van der Waals surface area contributed by atoms with Crippen molar-refractivity contribution in [1.29, 1.82) is 0 Å². The third-order valence-corrected chi connectivity index (χ3v) is 6.24. The summed E-state index contributed by atoms with van der Waals surface area (Å²) in [5.41, 5.74) is 0.451. The van der Waals surface area contributed by atoms with Crippen LogP contribution in [0.25, 0.3) is 0 Å². The number of hydrogen-bond acceptors (Lipinski definition) is 5. The molecule has 1 fully saturated rings. The van der Waals surface area contributed by atoms with E-state index < -0.39 is 29.7 Å². The summed E-state index contributed by atoms with van der Waals surface area (Å²) in [7, 11) is 0. The van der Waals surface area contributed by atoms with Crippen molar-refractivity contribution >= 4 is 34.6 Å². The van der Waals surface area contributed by atoms with E-state index in [1.165, 1.54) is 23.1 Å². The van der Waals surface area contributed by atoms with Crippen LogP contribution in [0.4, 0.5) is 29.3 Å². The van der Waals surface area contributed by atoms with E-state index in [1.54, 1.807) is 12.1 Å². The van der Waals surface area contributed by atoms with Crippen molar-refractivity contribution in [2.24, 2.45) is 0 Å². The molecule has 33 heavy (non-hydrogen) atoms. The molecule has 1 aliphatic heterocycles. The molecule has 4 rings (SSSR count). The first kappa shape index (κ1) is 22.7. The second-order valence-electron chi connectivity index (χ2n) is 7.59. The number of anilines is 2. The van der Waals surface area contributed by atoms with Crippen molar-refractivity contribution in [2.75, 3.05) is 17.2 Å². The maximum atomic E-state index is 13.3. The Kier molecular flexibility index (Phi) is 6.32. The van der Waals surface area contributed by atoms with E-state index in [2.05, 4.69) is 20.8 Å². The molecular formula is C22H20F3N5O2S. The molecule has 2 aromatic carbocycles. The third-order valence-electron chi connectivity index (χ3n) is 5.22. The molecule has 1 saturated heterocycles. The Morgan fingerprint density at radius 2 is 1.79 bits per heavy atom. The van der Waals surface area contributed by atoms with Gasteiger partial charge in [-0.3, -0.25) is 4.79 Å². The Labute approximate surface area is 191 Å². The number of urea groups is 1. The molecule has 1 aliphatic rings. The fourth-order valence-corrected chi connectivity index (χ4v) is 4.46. The summed E-state index contributed by atoms with van der Waals surface area (Å²) in [5.74, 6) is -0.421. The van der Waals surface area contributed by atoms with Crippen LogP contribution in [0.5, 0.6) is 0 Å². The van der Waals surface area contributed by atoms with E-state index in [0.717, 1.165) is 23.0 Å². The first-order valence-corrected chi connectivity index (χ1v) is 11.0. The lowest BCUT2D eigenvalue weighted by Crippen LogP contribution is -2.35. The topological polar surface area (TPSA) is 87.2 Å². The minimum Gasteiger partial charge on any atom is -0.320 e. The van der Waals surface area contributed by atoms with Crippen molar-refractivity contribution < 1.29 is 22.8 Å². The second-order valence-corrected chi connectivity index (χ2v) is 8.60. The van der Waals surface area contributed by atoms with Crippen LogP contribution in [-0.2, 0) is 6.18 Å². The van der Waals surface area contributed by atoms with Gasteiger partial charge in [0.05, 0.1) is 17.3 Å². The normalized spacial score (nSPS) is 16.0. The van der Waals surface area contributed by atoms with Crippen LogP contribution >= 0.6 is 11.3 Å². The Hall–Kier alpha value is -3.47.